The molecule has 0 radical (unpaired) electrons. The van der Waals surface area contributed by atoms with Crippen LogP contribution in [0.3, 0.4) is 0 Å². The Hall–Kier alpha value is -2.84. The van der Waals surface area contributed by atoms with Crippen molar-refractivity contribution in [3.8, 4) is 5.75 Å². The molecule has 3 atom stereocenters. The first-order chi connectivity index (χ1) is 16.3. The number of piperidine rings is 1. The Bertz CT molecular complexity index is 1020. The van der Waals surface area contributed by atoms with E-state index < -0.39 is 17.9 Å². The van der Waals surface area contributed by atoms with Crippen molar-refractivity contribution < 1.29 is 27.9 Å². The Morgan fingerprint density at radius 3 is 2.65 bits per heavy atom. The van der Waals surface area contributed by atoms with Crippen LogP contribution in [0.25, 0.3) is 0 Å². The second-order valence-electron chi connectivity index (χ2n) is 9.90. The molecule has 2 aliphatic heterocycles. The van der Waals surface area contributed by atoms with E-state index in [0.29, 0.717) is 24.3 Å². The van der Waals surface area contributed by atoms with Crippen molar-refractivity contribution in [2.24, 2.45) is 10.9 Å². The maximum Gasteiger partial charge on any atom is 0.255 e. The quantitative estimate of drug-likeness (QED) is 0.402. The van der Waals surface area contributed by atoms with Crippen LogP contribution in [0.5, 0.6) is 5.75 Å². The van der Waals surface area contributed by atoms with Crippen molar-refractivity contribution in [1.29, 1.82) is 0 Å². The lowest BCUT2D eigenvalue weighted by molar-refractivity contribution is -0.136. The minimum absolute atomic E-state index is 0.0772. The number of fused-ring (bicyclic) bond motifs is 1. The van der Waals surface area contributed by atoms with Gasteiger partial charge in [-0.15, -0.1) is 0 Å². The monoisotopic (exact) mass is 473 g/mol. The van der Waals surface area contributed by atoms with Crippen LogP contribution in [0.4, 0.5) is 8.78 Å². The molecule has 0 spiro atoms. The first kappa shape index (κ1) is 22.9. The largest absolute Gasteiger partial charge is 0.488 e. The number of nitrogens with zero attached hydrogens (tertiary/aromatic N) is 2. The summed E-state index contributed by atoms with van der Waals surface area (Å²) in [6, 6.07) is 4.61. The number of nitrogens with one attached hydrogen (secondary N) is 1. The van der Waals surface area contributed by atoms with Gasteiger partial charge >= 0.3 is 0 Å². The number of hydrogen-bond acceptors (Lipinski definition) is 5. The smallest absolute Gasteiger partial charge is 0.255 e. The Labute approximate surface area is 196 Å². The van der Waals surface area contributed by atoms with Gasteiger partial charge in [0.25, 0.3) is 5.91 Å². The summed E-state index contributed by atoms with van der Waals surface area (Å²) >= 11 is 0. The van der Waals surface area contributed by atoms with Gasteiger partial charge in [-0.2, -0.15) is 0 Å². The fourth-order valence-corrected chi connectivity index (χ4v) is 5.41. The predicted molar refractivity (Wildman–Crippen MR) is 120 cm³/mol. The number of halogens is 2. The number of benzene rings is 1. The molecule has 2 saturated carbocycles. The summed E-state index contributed by atoms with van der Waals surface area (Å²) in [4.78, 5) is 42.8. The maximum absolute atomic E-state index is 13.2. The van der Waals surface area contributed by atoms with E-state index in [2.05, 4.69) is 10.3 Å². The number of rotatable bonds is 5. The van der Waals surface area contributed by atoms with Crippen molar-refractivity contribution in [1.82, 2.24) is 10.2 Å². The highest BCUT2D eigenvalue weighted by Gasteiger charge is 2.44. The van der Waals surface area contributed by atoms with Crippen LogP contribution in [0.2, 0.25) is 0 Å². The number of imide groups is 1. The molecular weight excluding hydrogens is 444 g/mol. The van der Waals surface area contributed by atoms with Crippen LogP contribution in [-0.4, -0.2) is 52.9 Å². The normalized spacial score (nSPS) is 29.5. The number of ether oxygens (including phenoxy) is 1. The fraction of sp³-hybridized carbons (Fsp3) is 0.600. The lowest BCUT2D eigenvalue weighted by Crippen LogP contribution is -2.52. The molecule has 5 rings (SSSR count). The summed E-state index contributed by atoms with van der Waals surface area (Å²) in [5.41, 5.74) is 1.33. The fourth-order valence-electron chi connectivity index (χ4n) is 5.41. The van der Waals surface area contributed by atoms with E-state index in [4.69, 9.17) is 4.74 Å². The number of carbonyl (C=O) groups is 3. The standard InChI is InChI=1S/C25H29F2N3O4/c26-25(27)11-15(12-25)13-28-19-4-2-1-3-5-21(19)34-17-6-7-18-16(10-17)14-30(24(18)33)20-8-9-22(31)29-23(20)32/h6-7,10,13,15,19-21H,1-5,8-9,11-12,14H2,(H,29,31,32)/t19-,20?,21?/m0/s1. The molecule has 7 nitrogen and oxygen atoms in total. The zero-order valence-electron chi connectivity index (χ0n) is 19.0. The van der Waals surface area contributed by atoms with Gasteiger partial charge in [0.15, 0.2) is 0 Å². The van der Waals surface area contributed by atoms with E-state index in [1.807, 2.05) is 6.07 Å². The second kappa shape index (κ2) is 9.07. The molecule has 34 heavy (non-hydrogen) atoms. The number of alkyl halides is 2. The summed E-state index contributed by atoms with van der Waals surface area (Å²) in [7, 11) is 0. The third kappa shape index (κ3) is 4.70. The van der Waals surface area contributed by atoms with Crippen molar-refractivity contribution in [2.45, 2.75) is 88.4 Å². The molecule has 1 N–H and O–H groups in total. The van der Waals surface area contributed by atoms with Crippen molar-refractivity contribution >= 4 is 23.9 Å². The summed E-state index contributed by atoms with van der Waals surface area (Å²) in [6.45, 7) is 0.291. The third-order valence-corrected chi connectivity index (χ3v) is 7.31. The number of carbonyl (C=O) groups excluding carboxylic acids is 3. The molecule has 4 aliphatic rings. The van der Waals surface area contributed by atoms with Crippen LogP contribution < -0.4 is 10.1 Å². The van der Waals surface area contributed by atoms with Gasteiger partial charge < -0.3 is 9.64 Å². The van der Waals surface area contributed by atoms with Gasteiger partial charge in [-0.1, -0.05) is 12.8 Å². The topological polar surface area (TPSA) is 88.1 Å². The van der Waals surface area contributed by atoms with Gasteiger partial charge in [0.05, 0.1) is 6.04 Å². The van der Waals surface area contributed by atoms with E-state index in [0.717, 1.165) is 37.7 Å². The van der Waals surface area contributed by atoms with Crippen molar-refractivity contribution in [3.63, 3.8) is 0 Å². The van der Waals surface area contributed by atoms with Crippen LogP contribution >= 0.6 is 0 Å². The third-order valence-electron chi connectivity index (χ3n) is 7.31. The number of aliphatic imine (C=N–C) groups is 1. The van der Waals surface area contributed by atoms with Gasteiger partial charge in [-0.3, -0.25) is 24.7 Å². The number of amides is 3. The summed E-state index contributed by atoms with van der Waals surface area (Å²) in [5.74, 6) is -3.04. The lowest BCUT2D eigenvalue weighted by Gasteiger charge is -2.32. The minimum atomic E-state index is -2.56. The maximum atomic E-state index is 13.2. The van der Waals surface area contributed by atoms with E-state index in [1.165, 1.54) is 4.90 Å². The van der Waals surface area contributed by atoms with Crippen molar-refractivity contribution in [2.75, 3.05) is 0 Å². The van der Waals surface area contributed by atoms with E-state index in [-0.39, 0.29) is 49.1 Å². The van der Waals surface area contributed by atoms with Crippen LogP contribution in [0.1, 0.15) is 73.7 Å². The van der Waals surface area contributed by atoms with Gasteiger partial charge in [0, 0.05) is 43.5 Å². The molecule has 3 fully saturated rings. The van der Waals surface area contributed by atoms with Gasteiger partial charge in [-0.05, 0) is 49.4 Å². The molecule has 1 saturated heterocycles. The highest BCUT2D eigenvalue weighted by Crippen LogP contribution is 2.41. The molecule has 1 aromatic rings. The molecule has 2 heterocycles. The summed E-state index contributed by atoms with van der Waals surface area (Å²) in [5, 5.41) is 2.31. The Kier molecular flexibility index (Phi) is 6.12. The molecule has 2 unspecified atom stereocenters. The molecular formula is C25H29F2N3O4. The van der Waals surface area contributed by atoms with E-state index >= 15 is 0 Å². The molecule has 0 bridgehead atoms. The van der Waals surface area contributed by atoms with Gasteiger partial charge in [0.2, 0.25) is 17.7 Å². The molecule has 3 amide bonds. The Morgan fingerprint density at radius 1 is 1.09 bits per heavy atom. The van der Waals surface area contributed by atoms with E-state index in [1.54, 1.807) is 18.3 Å². The summed E-state index contributed by atoms with van der Waals surface area (Å²) in [6.07, 6.45) is 6.66. The minimum Gasteiger partial charge on any atom is -0.488 e. The zero-order valence-corrected chi connectivity index (χ0v) is 19.0. The molecule has 2 aliphatic carbocycles. The lowest BCUT2D eigenvalue weighted by atomic mass is 9.82. The highest BCUT2D eigenvalue weighted by atomic mass is 19.3. The summed E-state index contributed by atoms with van der Waals surface area (Å²) < 4.78 is 32.6. The molecule has 9 heteroatoms. The highest BCUT2D eigenvalue weighted by molar-refractivity contribution is 6.05. The molecule has 1 aromatic carbocycles. The SMILES string of the molecule is O=C1CCC(N2Cc3cc(OC4CCCCC[C@@H]4N=CC4CC(F)(F)C4)ccc3C2=O)C(=O)N1. The molecule has 182 valence electrons. The predicted octanol–water partition coefficient (Wildman–Crippen LogP) is 3.64. The first-order valence-electron chi connectivity index (χ1n) is 12.1. The Balaban J connectivity index is 1.27. The second-order valence-corrected chi connectivity index (χ2v) is 9.90. The van der Waals surface area contributed by atoms with Crippen LogP contribution in [-0.2, 0) is 16.1 Å². The average Bonchev–Trinajstić information content (AvgIpc) is 2.93. The average molecular weight is 474 g/mol. The van der Waals surface area contributed by atoms with Crippen LogP contribution in [0, 0.1) is 5.92 Å². The Morgan fingerprint density at radius 2 is 1.88 bits per heavy atom. The first-order valence-corrected chi connectivity index (χ1v) is 12.1. The molecule has 0 aromatic heterocycles. The zero-order chi connectivity index (χ0) is 23.9. The van der Waals surface area contributed by atoms with Gasteiger partial charge in [-0.25, -0.2) is 8.78 Å². The van der Waals surface area contributed by atoms with Gasteiger partial charge in [0.1, 0.15) is 17.9 Å². The van der Waals surface area contributed by atoms with Crippen LogP contribution in [0.15, 0.2) is 23.2 Å². The van der Waals surface area contributed by atoms with E-state index in [9.17, 15) is 23.2 Å². The van der Waals surface area contributed by atoms with Crippen molar-refractivity contribution in [3.05, 3.63) is 29.3 Å². The number of hydrogen-bond donors (Lipinski definition) is 1.